The third kappa shape index (κ3) is 3.47. The monoisotopic (exact) mass is 287 g/mol. The summed E-state index contributed by atoms with van der Waals surface area (Å²) in [6.07, 6.45) is 0. The van der Waals surface area contributed by atoms with Gasteiger partial charge < -0.3 is 9.84 Å². The van der Waals surface area contributed by atoms with Crippen LogP contribution in [0.4, 0.5) is 0 Å². The van der Waals surface area contributed by atoms with Gasteiger partial charge in [-0.05, 0) is 47.6 Å². The minimum absolute atomic E-state index is 0.167. The van der Waals surface area contributed by atoms with Crippen molar-refractivity contribution in [3.05, 3.63) is 28.2 Å². The summed E-state index contributed by atoms with van der Waals surface area (Å²) >= 11 is 3.46. The number of halogens is 1. The summed E-state index contributed by atoms with van der Waals surface area (Å²) in [6.45, 7) is 2.98. The molecule has 0 aliphatic carbocycles. The van der Waals surface area contributed by atoms with Gasteiger partial charge >= 0.3 is 0 Å². The van der Waals surface area contributed by atoms with Crippen LogP contribution in [0.5, 0.6) is 5.75 Å². The maximum atomic E-state index is 9.05. The fraction of sp³-hybridized carbons (Fsp3) is 0.500. The van der Waals surface area contributed by atoms with Gasteiger partial charge in [-0.1, -0.05) is 6.07 Å². The summed E-state index contributed by atoms with van der Waals surface area (Å²) in [5.74, 6) is 0.835. The lowest BCUT2D eigenvalue weighted by molar-refractivity contribution is 0.154. The van der Waals surface area contributed by atoms with Crippen molar-refractivity contribution in [2.24, 2.45) is 0 Å². The van der Waals surface area contributed by atoms with Crippen molar-refractivity contribution in [3.63, 3.8) is 0 Å². The molecule has 0 amide bonds. The molecule has 1 aromatic rings. The van der Waals surface area contributed by atoms with Crippen molar-refractivity contribution in [3.8, 4) is 5.75 Å². The van der Waals surface area contributed by atoms with Crippen molar-refractivity contribution < 1.29 is 9.84 Å². The number of aliphatic hydroxyl groups excluding tert-OH is 1. The molecule has 0 aliphatic rings. The number of nitrogens with zero attached hydrogens (tertiary/aromatic N) is 1. The van der Waals surface area contributed by atoms with Crippen LogP contribution in [0.3, 0.4) is 0 Å². The van der Waals surface area contributed by atoms with E-state index in [1.54, 1.807) is 7.11 Å². The molecule has 3 nitrogen and oxygen atoms in total. The van der Waals surface area contributed by atoms with Crippen molar-refractivity contribution >= 4 is 15.9 Å². The molecule has 0 radical (unpaired) electrons. The third-order valence-corrected chi connectivity index (χ3v) is 3.28. The zero-order chi connectivity index (χ0) is 12.1. The highest BCUT2D eigenvalue weighted by molar-refractivity contribution is 9.10. The lowest BCUT2D eigenvalue weighted by Crippen LogP contribution is -2.31. The standard InChI is InChI=1S/C12H18BrNO2/c1-9(8-15)14(2)7-10-4-5-12(16-3)11(13)6-10/h4-6,9,15H,7-8H2,1-3H3. The highest BCUT2D eigenvalue weighted by atomic mass is 79.9. The molecule has 1 aromatic carbocycles. The van der Waals surface area contributed by atoms with Crippen LogP contribution in [0.15, 0.2) is 22.7 Å². The first-order chi connectivity index (χ1) is 7.58. The van der Waals surface area contributed by atoms with Crippen LogP contribution in [0.25, 0.3) is 0 Å². The average molecular weight is 288 g/mol. The quantitative estimate of drug-likeness (QED) is 0.902. The van der Waals surface area contributed by atoms with Gasteiger partial charge in [0.2, 0.25) is 0 Å². The largest absolute Gasteiger partial charge is 0.496 e. The fourth-order valence-corrected chi connectivity index (χ4v) is 1.98. The van der Waals surface area contributed by atoms with E-state index >= 15 is 0 Å². The Kier molecular flexibility index (Phi) is 5.25. The Balaban J connectivity index is 2.71. The topological polar surface area (TPSA) is 32.7 Å². The summed E-state index contributed by atoms with van der Waals surface area (Å²) < 4.78 is 6.13. The number of hydrogen-bond donors (Lipinski definition) is 1. The predicted molar refractivity (Wildman–Crippen MR) is 68.7 cm³/mol. The number of rotatable bonds is 5. The summed E-state index contributed by atoms with van der Waals surface area (Å²) in [6, 6.07) is 6.18. The van der Waals surface area contributed by atoms with Crippen LogP contribution in [0.1, 0.15) is 12.5 Å². The van der Waals surface area contributed by atoms with Gasteiger partial charge in [0.15, 0.2) is 0 Å². The number of likely N-dealkylation sites (N-methyl/N-ethyl adjacent to an activating group) is 1. The van der Waals surface area contributed by atoms with Gasteiger partial charge in [-0.25, -0.2) is 0 Å². The van der Waals surface area contributed by atoms with Crippen LogP contribution < -0.4 is 4.74 Å². The van der Waals surface area contributed by atoms with E-state index in [9.17, 15) is 0 Å². The van der Waals surface area contributed by atoms with E-state index in [0.29, 0.717) is 0 Å². The van der Waals surface area contributed by atoms with Crippen LogP contribution in [-0.4, -0.2) is 36.8 Å². The van der Waals surface area contributed by atoms with E-state index < -0.39 is 0 Å². The molecular formula is C12H18BrNO2. The van der Waals surface area contributed by atoms with Crippen LogP contribution in [0, 0.1) is 0 Å². The Morgan fingerprint density at radius 3 is 2.69 bits per heavy atom. The summed E-state index contributed by atoms with van der Waals surface area (Å²) in [5, 5.41) is 9.05. The van der Waals surface area contributed by atoms with Crippen molar-refractivity contribution in [2.45, 2.75) is 19.5 Å². The van der Waals surface area contributed by atoms with Gasteiger partial charge in [0.1, 0.15) is 5.75 Å². The number of benzene rings is 1. The van der Waals surface area contributed by atoms with Gasteiger partial charge in [0.25, 0.3) is 0 Å². The van der Waals surface area contributed by atoms with E-state index in [-0.39, 0.29) is 12.6 Å². The fourth-order valence-electron chi connectivity index (χ4n) is 1.39. The molecule has 90 valence electrons. The molecule has 0 heterocycles. The van der Waals surface area contributed by atoms with E-state index in [1.165, 1.54) is 5.56 Å². The van der Waals surface area contributed by atoms with Crippen molar-refractivity contribution in [1.82, 2.24) is 4.90 Å². The smallest absolute Gasteiger partial charge is 0.133 e. The Labute approximate surface area is 105 Å². The molecule has 1 unspecified atom stereocenters. The average Bonchev–Trinajstić information content (AvgIpc) is 2.28. The first-order valence-electron chi connectivity index (χ1n) is 5.22. The molecule has 16 heavy (non-hydrogen) atoms. The molecule has 1 N–H and O–H groups in total. The van der Waals surface area contributed by atoms with Crippen LogP contribution >= 0.6 is 15.9 Å². The normalized spacial score (nSPS) is 12.9. The molecule has 0 fully saturated rings. The van der Waals surface area contributed by atoms with Crippen molar-refractivity contribution in [2.75, 3.05) is 20.8 Å². The Morgan fingerprint density at radius 1 is 1.50 bits per heavy atom. The second-order valence-corrected chi connectivity index (χ2v) is 4.77. The highest BCUT2D eigenvalue weighted by Crippen LogP contribution is 2.26. The minimum atomic E-state index is 0.167. The zero-order valence-electron chi connectivity index (χ0n) is 9.90. The summed E-state index contributed by atoms with van der Waals surface area (Å²) in [7, 11) is 3.65. The third-order valence-electron chi connectivity index (χ3n) is 2.66. The predicted octanol–water partition coefficient (Wildman–Crippen LogP) is 2.27. The molecule has 1 atom stereocenters. The second kappa shape index (κ2) is 6.23. The van der Waals surface area contributed by atoms with E-state index in [0.717, 1.165) is 16.8 Å². The number of methoxy groups -OCH3 is 1. The van der Waals surface area contributed by atoms with Gasteiger partial charge in [0.05, 0.1) is 18.2 Å². The number of hydrogen-bond acceptors (Lipinski definition) is 3. The van der Waals surface area contributed by atoms with Crippen LogP contribution in [-0.2, 0) is 6.54 Å². The first kappa shape index (κ1) is 13.5. The van der Waals surface area contributed by atoms with E-state index in [1.807, 2.05) is 32.2 Å². The Bertz CT molecular complexity index is 344. The van der Waals surface area contributed by atoms with E-state index in [2.05, 4.69) is 20.8 Å². The summed E-state index contributed by atoms with van der Waals surface area (Å²) in [5.41, 5.74) is 1.19. The van der Waals surface area contributed by atoms with Gasteiger partial charge in [-0.15, -0.1) is 0 Å². The molecule has 0 spiro atoms. The Hall–Kier alpha value is -0.580. The highest BCUT2D eigenvalue weighted by Gasteiger charge is 2.09. The lowest BCUT2D eigenvalue weighted by atomic mass is 10.2. The Morgan fingerprint density at radius 2 is 2.19 bits per heavy atom. The SMILES string of the molecule is COc1ccc(CN(C)C(C)CO)cc1Br. The molecule has 0 aromatic heterocycles. The first-order valence-corrected chi connectivity index (χ1v) is 6.01. The molecule has 1 rings (SSSR count). The molecule has 0 bridgehead atoms. The minimum Gasteiger partial charge on any atom is -0.496 e. The van der Waals surface area contributed by atoms with E-state index in [4.69, 9.17) is 9.84 Å². The number of ether oxygens (including phenoxy) is 1. The maximum absolute atomic E-state index is 9.05. The maximum Gasteiger partial charge on any atom is 0.133 e. The zero-order valence-corrected chi connectivity index (χ0v) is 11.5. The second-order valence-electron chi connectivity index (χ2n) is 3.92. The molecule has 4 heteroatoms. The summed E-state index contributed by atoms with van der Waals surface area (Å²) in [4.78, 5) is 2.11. The van der Waals surface area contributed by atoms with Gasteiger partial charge in [0, 0.05) is 12.6 Å². The number of aliphatic hydroxyl groups is 1. The molecular weight excluding hydrogens is 270 g/mol. The molecule has 0 aliphatic heterocycles. The lowest BCUT2D eigenvalue weighted by Gasteiger charge is -2.23. The van der Waals surface area contributed by atoms with Gasteiger partial charge in [-0.3, -0.25) is 4.90 Å². The van der Waals surface area contributed by atoms with Crippen LogP contribution in [0.2, 0.25) is 0 Å². The van der Waals surface area contributed by atoms with Crippen molar-refractivity contribution in [1.29, 1.82) is 0 Å². The molecule has 0 saturated heterocycles. The van der Waals surface area contributed by atoms with Gasteiger partial charge in [-0.2, -0.15) is 0 Å². The molecule has 0 saturated carbocycles.